The van der Waals surface area contributed by atoms with Crippen molar-refractivity contribution in [3.63, 3.8) is 0 Å². The summed E-state index contributed by atoms with van der Waals surface area (Å²) in [4.78, 5) is 12.2. The Balaban J connectivity index is 1.67. The molecule has 0 radical (unpaired) electrons. The Bertz CT molecular complexity index is 735. The molecule has 128 valence electrons. The number of rotatable bonds is 5. The van der Waals surface area contributed by atoms with Crippen molar-refractivity contribution in [2.75, 3.05) is 5.32 Å². The largest absolute Gasteiger partial charge is 0.416 e. The average molecular weight is 337 g/mol. The SMILES string of the molecule is CC(C1CC1)n1nccc1NC(=O)Cc1cccc(C(F)(F)F)c1. The molecule has 24 heavy (non-hydrogen) atoms. The number of anilines is 1. The van der Waals surface area contributed by atoms with Crippen molar-refractivity contribution >= 4 is 11.7 Å². The minimum absolute atomic E-state index is 0.118. The van der Waals surface area contributed by atoms with Gasteiger partial charge < -0.3 is 5.32 Å². The van der Waals surface area contributed by atoms with Gasteiger partial charge >= 0.3 is 6.18 Å². The summed E-state index contributed by atoms with van der Waals surface area (Å²) in [5.41, 5.74) is -0.427. The van der Waals surface area contributed by atoms with Crippen LogP contribution < -0.4 is 5.32 Å². The zero-order valence-electron chi connectivity index (χ0n) is 13.2. The quantitative estimate of drug-likeness (QED) is 0.894. The Hall–Kier alpha value is -2.31. The molecular formula is C17H18F3N3O. The van der Waals surface area contributed by atoms with Crippen LogP contribution in [-0.4, -0.2) is 15.7 Å². The fourth-order valence-corrected chi connectivity index (χ4v) is 2.75. The maximum Gasteiger partial charge on any atom is 0.416 e. The smallest absolute Gasteiger partial charge is 0.311 e. The molecule has 0 bridgehead atoms. The maximum absolute atomic E-state index is 12.7. The molecule has 0 saturated heterocycles. The van der Waals surface area contributed by atoms with Crippen LogP contribution in [0.1, 0.15) is 36.9 Å². The summed E-state index contributed by atoms with van der Waals surface area (Å²) in [6, 6.07) is 6.72. The summed E-state index contributed by atoms with van der Waals surface area (Å²) < 4.78 is 39.9. The maximum atomic E-state index is 12.7. The van der Waals surface area contributed by atoms with Crippen molar-refractivity contribution in [3.05, 3.63) is 47.7 Å². The van der Waals surface area contributed by atoms with Crippen LogP contribution >= 0.6 is 0 Å². The van der Waals surface area contributed by atoms with E-state index in [9.17, 15) is 18.0 Å². The first-order valence-electron chi connectivity index (χ1n) is 7.84. The first kappa shape index (κ1) is 16.5. The normalized spacial score (nSPS) is 16.0. The Morgan fingerprint density at radius 3 is 2.79 bits per heavy atom. The van der Waals surface area contributed by atoms with Crippen LogP contribution in [-0.2, 0) is 17.4 Å². The van der Waals surface area contributed by atoms with Crippen molar-refractivity contribution < 1.29 is 18.0 Å². The van der Waals surface area contributed by atoms with E-state index in [4.69, 9.17) is 0 Å². The first-order chi connectivity index (χ1) is 11.3. The lowest BCUT2D eigenvalue weighted by molar-refractivity contribution is -0.137. The lowest BCUT2D eigenvalue weighted by Crippen LogP contribution is -2.20. The lowest BCUT2D eigenvalue weighted by Gasteiger charge is -2.15. The molecule has 1 aliphatic carbocycles. The zero-order valence-corrected chi connectivity index (χ0v) is 13.2. The van der Waals surface area contributed by atoms with E-state index in [0.29, 0.717) is 17.3 Å². The highest BCUT2D eigenvalue weighted by Gasteiger charge is 2.31. The predicted octanol–water partition coefficient (Wildman–Crippen LogP) is 4.05. The molecule has 2 aromatic rings. The van der Waals surface area contributed by atoms with Crippen LogP contribution in [0, 0.1) is 5.92 Å². The predicted molar refractivity (Wildman–Crippen MR) is 83.4 cm³/mol. The third kappa shape index (κ3) is 3.77. The zero-order chi connectivity index (χ0) is 17.3. The van der Waals surface area contributed by atoms with Gasteiger partial charge in [0.15, 0.2) is 0 Å². The molecule has 4 nitrogen and oxygen atoms in total. The molecule has 3 rings (SSSR count). The van der Waals surface area contributed by atoms with Gasteiger partial charge in [-0.05, 0) is 37.3 Å². The number of benzene rings is 1. The number of carbonyl (C=O) groups is 1. The molecule has 0 spiro atoms. The second-order valence-corrected chi connectivity index (χ2v) is 6.16. The molecular weight excluding hydrogens is 319 g/mol. The van der Waals surface area contributed by atoms with Gasteiger partial charge in [0.05, 0.1) is 24.2 Å². The molecule has 1 unspecified atom stereocenters. The van der Waals surface area contributed by atoms with Crippen LogP contribution in [0.3, 0.4) is 0 Å². The van der Waals surface area contributed by atoms with Crippen LogP contribution in [0.25, 0.3) is 0 Å². The highest BCUT2D eigenvalue weighted by atomic mass is 19.4. The molecule has 1 amide bonds. The van der Waals surface area contributed by atoms with Gasteiger partial charge in [-0.15, -0.1) is 0 Å². The molecule has 1 atom stereocenters. The number of amides is 1. The highest BCUT2D eigenvalue weighted by Crippen LogP contribution is 2.40. The van der Waals surface area contributed by atoms with E-state index in [1.165, 1.54) is 12.1 Å². The molecule has 1 fully saturated rings. The summed E-state index contributed by atoms with van der Waals surface area (Å²) in [7, 11) is 0. The van der Waals surface area contributed by atoms with Gasteiger partial charge in [0, 0.05) is 6.07 Å². The number of aromatic nitrogens is 2. The molecule has 1 aliphatic rings. The fraction of sp³-hybridized carbons (Fsp3) is 0.412. The van der Waals surface area contributed by atoms with Crippen molar-refractivity contribution in [2.45, 2.75) is 38.4 Å². The van der Waals surface area contributed by atoms with Gasteiger partial charge in [0.2, 0.25) is 5.91 Å². The van der Waals surface area contributed by atoms with Gasteiger partial charge in [-0.2, -0.15) is 18.3 Å². The number of hydrogen-bond acceptors (Lipinski definition) is 2. The number of nitrogens with zero attached hydrogens (tertiary/aromatic N) is 2. The van der Waals surface area contributed by atoms with Gasteiger partial charge in [0.1, 0.15) is 5.82 Å². The Labute approximate surface area is 137 Å². The van der Waals surface area contributed by atoms with Crippen molar-refractivity contribution in [1.29, 1.82) is 0 Å². The molecule has 1 aromatic carbocycles. The number of nitrogens with one attached hydrogen (secondary N) is 1. The van der Waals surface area contributed by atoms with Gasteiger partial charge in [-0.1, -0.05) is 18.2 Å². The van der Waals surface area contributed by atoms with E-state index in [1.54, 1.807) is 16.9 Å². The summed E-state index contributed by atoms with van der Waals surface area (Å²) in [5, 5.41) is 6.98. The first-order valence-corrected chi connectivity index (χ1v) is 7.84. The fourth-order valence-electron chi connectivity index (χ4n) is 2.75. The van der Waals surface area contributed by atoms with E-state index in [-0.39, 0.29) is 18.4 Å². The van der Waals surface area contributed by atoms with E-state index in [0.717, 1.165) is 25.0 Å². The standard InChI is InChI=1S/C17H18F3N3O/c1-11(13-5-6-13)23-15(7-8-21-23)22-16(24)10-12-3-2-4-14(9-12)17(18,19)20/h2-4,7-9,11,13H,5-6,10H2,1H3,(H,22,24). The number of carbonyl (C=O) groups excluding carboxylic acids is 1. The van der Waals surface area contributed by atoms with Gasteiger partial charge in [-0.25, -0.2) is 4.68 Å². The summed E-state index contributed by atoms with van der Waals surface area (Å²) in [6.07, 6.45) is -0.617. The van der Waals surface area contributed by atoms with Crippen LogP contribution in [0.4, 0.5) is 19.0 Å². The monoisotopic (exact) mass is 337 g/mol. The minimum Gasteiger partial charge on any atom is -0.311 e. The Morgan fingerprint density at radius 2 is 2.12 bits per heavy atom. The van der Waals surface area contributed by atoms with E-state index >= 15 is 0 Å². The molecule has 1 heterocycles. The average Bonchev–Trinajstić information content (AvgIpc) is 3.26. The second-order valence-electron chi connectivity index (χ2n) is 6.16. The highest BCUT2D eigenvalue weighted by molar-refractivity contribution is 5.91. The third-order valence-corrected chi connectivity index (χ3v) is 4.25. The van der Waals surface area contributed by atoms with Crippen LogP contribution in [0.15, 0.2) is 36.5 Å². The Morgan fingerprint density at radius 1 is 1.38 bits per heavy atom. The van der Waals surface area contributed by atoms with Gasteiger partial charge in [-0.3, -0.25) is 4.79 Å². The van der Waals surface area contributed by atoms with Crippen LogP contribution in [0.2, 0.25) is 0 Å². The molecule has 1 N–H and O–H groups in total. The topological polar surface area (TPSA) is 46.9 Å². The van der Waals surface area contributed by atoms with E-state index < -0.39 is 11.7 Å². The van der Waals surface area contributed by atoms with Crippen molar-refractivity contribution in [2.24, 2.45) is 5.92 Å². The Kier molecular flexibility index (Phi) is 4.34. The number of alkyl halides is 3. The summed E-state index contributed by atoms with van der Waals surface area (Å²) in [5.74, 6) is 0.787. The lowest BCUT2D eigenvalue weighted by atomic mass is 10.1. The van der Waals surface area contributed by atoms with Crippen molar-refractivity contribution in [1.82, 2.24) is 9.78 Å². The molecule has 1 saturated carbocycles. The third-order valence-electron chi connectivity index (χ3n) is 4.25. The minimum atomic E-state index is -4.41. The molecule has 7 heteroatoms. The number of halogens is 3. The second kappa shape index (κ2) is 6.30. The van der Waals surface area contributed by atoms with E-state index in [2.05, 4.69) is 10.4 Å². The summed E-state index contributed by atoms with van der Waals surface area (Å²) >= 11 is 0. The number of hydrogen-bond donors (Lipinski definition) is 1. The van der Waals surface area contributed by atoms with Crippen LogP contribution in [0.5, 0.6) is 0 Å². The molecule has 1 aromatic heterocycles. The summed E-state index contributed by atoms with van der Waals surface area (Å²) in [6.45, 7) is 2.05. The molecule has 0 aliphatic heterocycles. The van der Waals surface area contributed by atoms with Gasteiger partial charge in [0.25, 0.3) is 0 Å². The van der Waals surface area contributed by atoms with Crippen molar-refractivity contribution in [3.8, 4) is 0 Å². The van der Waals surface area contributed by atoms with E-state index in [1.807, 2.05) is 6.92 Å².